The van der Waals surface area contributed by atoms with Gasteiger partial charge in [0.05, 0.1) is 18.0 Å². The van der Waals surface area contributed by atoms with Crippen LogP contribution in [0.5, 0.6) is 0 Å². The second-order valence-corrected chi connectivity index (χ2v) is 7.11. The van der Waals surface area contributed by atoms with Crippen LogP contribution in [0.3, 0.4) is 0 Å². The predicted octanol–water partition coefficient (Wildman–Crippen LogP) is 3.57. The molecule has 5 nitrogen and oxygen atoms in total. The molecule has 1 aromatic carbocycles. The number of para-hydroxylation sites is 2. The van der Waals surface area contributed by atoms with Gasteiger partial charge in [0.15, 0.2) is 0 Å². The number of nitrogens with zero attached hydrogens (tertiary/aromatic N) is 2. The Morgan fingerprint density at radius 3 is 2.67 bits per heavy atom. The summed E-state index contributed by atoms with van der Waals surface area (Å²) >= 11 is 0. The molecule has 3 rings (SSSR count). The van der Waals surface area contributed by atoms with Crippen molar-refractivity contribution in [3.05, 3.63) is 24.3 Å². The summed E-state index contributed by atoms with van der Waals surface area (Å²) in [6, 6.07) is 8.64. The molecule has 1 unspecified atom stereocenters. The molecule has 0 radical (unpaired) electrons. The van der Waals surface area contributed by atoms with E-state index in [0.29, 0.717) is 12.0 Å². The van der Waals surface area contributed by atoms with E-state index in [1.54, 1.807) is 4.90 Å². The second kappa shape index (κ2) is 7.88. The van der Waals surface area contributed by atoms with Crippen LogP contribution in [0.25, 0.3) is 0 Å². The molecule has 1 aliphatic heterocycles. The first-order valence-electron chi connectivity index (χ1n) is 9.07. The largest absolute Gasteiger partial charge is 0.381 e. The van der Waals surface area contributed by atoms with E-state index in [1.165, 1.54) is 25.7 Å². The first kappa shape index (κ1) is 17.1. The molecule has 1 atom stereocenters. The number of nitrogens with one attached hydrogen (secondary N) is 1. The van der Waals surface area contributed by atoms with Crippen molar-refractivity contribution in [3.63, 3.8) is 0 Å². The van der Waals surface area contributed by atoms with Gasteiger partial charge in [-0.2, -0.15) is 0 Å². The quantitative estimate of drug-likeness (QED) is 0.897. The van der Waals surface area contributed by atoms with E-state index >= 15 is 0 Å². The molecular formula is C19H29N3O2. The molecule has 1 aromatic rings. The lowest BCUT2D eigenvalue weighted by Crippen LogP contribution is -2.36. The van der Waals surface area contributed by atoms with Crippen LogP contribution in [0.15, 0.2) is 24.3 Å². The summed E-state index contributed by atoms with van der Waals surface area (Å²) in [5.41, 5.74) is 2.00. The smallest absolute Gasteiger partial charge is 0.321 e. The topological polar surface area (TPSA) is 44.8 Å². The third kappa shape index (κ3) is 4.01. The fraction of sp³-hybridized carbons (Fsp3) is 0.632. The summed E-state index contributed by atoms with van der Waals surface area (Å²) in [6.07, 6.45) is 6.12. The number of ether oxygens (including phenoxy) is 1. The van der Waals surface area contributed by atoms with Crippen LogP contribution in [-0.2, 0) is 4.74 Å². The molecule has 0 bridgehead atoms. The average Bonchev–Trinajstić information content (AvgIpc) is 3.28. The van der Waals surface area contributed by atoms with Crippen molar-refractivity contribution in [2.75, 3.05) is 44.1 Å². The number of carbonyl (C=O) groups is 1. The molecule has 2 amide bonds. The summed E-state index contributed by atoms with van der Waals surface area (Å²) in [5, 5.41) is 3.09. The Labute approximate surface area is 145 Å². The number of rotatable bonds is 5. The third-order valence-electron chi connectivity index (χ3n) is 5.30. The SMILES string of the molecule is CN(CC1CCOC1)C(=O)Nc1ccccc1N(C)C1CCCC1. The lowest BCUT2D eigenvalue weighted by Gasteiger charge is -2.29. The average molecular weight is 331 g/mol. The normalized spacial score (nSPS) is 21.0. The minimum Gasteiger partial charge on any atom is -0.381 e. The van der Waals surface area contributed by atoms with Crippen LogP contribution >= 0.6 is 0 Å². The van der Waals surface area contributed by atoms with Gasteiger partial charge in [-0.05, 0) is 31.4 Å². The van der Waals surface area contributed by atoms with Crippen molar-refractivity contribution < 1.29 is 9.53 Å². The van der Waals surface area contributed by atoms with E-state index in [2.05, 4.69) is 23.3 Å². The van der Waals surface area contributed by atoms with Gasteiger partial charge < -0.3 is 19.9 Å². The van der Waals surface area contributed by atoms with Gasteiger partial charge in [0.25, 0.3) is 0 Å². The molecule has 5 heteroatoms. The molecule has 24 heavy (non-hydrogen) atoms. The number of urea groups is 1. The van der Waals surface area contributed by atoms with Gasteiger partial charge in [-0.15, -0.1) is 0 Å². The monoisotopic (exact) mass is 331 g/mol. The molecule has 0 spiro atoms. The molecule has 1 heterocycles. The highest BCUT2D eigenvalue weighted by Crippen LogP contribution is 2.32. The standard InChI is InChI=1S/C19H29N3O2/c1-21(13-15-11-12-24-14-15)19(23)20-17-9-5-6-10-18(17)22(2)16-7-3-4-8-16/h5-6,9-10,15-16H,3-4,7-8,11-14H2,1-2H3,(H,20,23). The van der Waals surface area contributed by atoms with Crippen molar-refractivity contribution in [3.8, 4) is 0 Å². The molecule has 1 aliphatic carbocycles. The Morgan fingerprint density at radius 1 is 1.21 bits per heavy atom. The minimum absolute atomic E-state index is 0.0471. The maximum Gasteiger partial charge on any atom is 0.321 e. The van der Waals surface area contributed by atoms with Gasteiger partial charge in [0.2, 0.25) is 0 Å². The number of anilines is 2. The zero-order valence-corrected chi connectivity index (χ0v) is 14.8. The van der Waals surface area contributed by atoms with Crippen LogP contribution in [0.4, 0.5) is 16.2 Å². The van der Waals surface area contributed by atoms with Crippen LogP contribution in [-0.4, -0.2) is 50.8 Å². The zero-order chi connectivity index (χ0) is 16.9. The summed E-state index contributed by atoms with van der Waals surface area (Å²) in [6.45, 7) is 2.32. The number of hydrogen-bond donors (Lipinski definition) is 1. The van der Waals surface area contributed by atoms with Crippen LogP contribution in [0.2, 0.25) is 0 Å². The number of carbonyl (C=O) groups excluding carboxylic acids is 1. The number of amides is 2. The van der Waals surface area contributed by atoms with Crippen molar-refractivity contribution in [1.82, 2.24) is 4.90 Å². The molecule has 132 valence electrons. The Hall–Kier alpha value is -1.75. The van der Waals surface area contributed by atoms with E-state index < -0.39 is 0 Å². The summed E-state index contributed by atoms with van der Waals surface area (Å²) < 4.78 is 5.40. The molecular weight excluding hydrogens is 302 g/mol. The van der Waals surface area contributed by atoms with Crippen LogP contribution < -0.4 is 10.2 Å². The number of benzene rings is 1. The Bertz CT molecular complexity index is 551. The molecule has 2 fully saturated rings. The van der Waals surface area contributed by atoms with Crippen LogP contribution in [0, 0.1) is 5.92 Å². The Kier molecular flexibility index (Phi) is 5.61. The molecule has 0 aromatic heterocycles. The molecule has 1 saturated carbocycles. The summed E-state index contributed by atoms with van der Waals surface area (Å²) in [4.78, 5) is 16.6. The Morgan fingerprint density at radius 2 is 1.96 bits per heavy atom. The van der Waals surface area contributed by atoms with E-state index in [4.69, 9.17) is 4.74 Å². The van der Waals surface area contributed by atoms with Gasteiger partial charge in [0, 0.05) is 39.2 Å². The highest BCUT2D eigenvalue weighted by atomic mass is 16.5. The van der Waals surface area contributed by atoms with Crippen molar-refractivity contribution in [1.29, 1.82) is 0 Å². The lowest BCUT2D eigenvalue weighted by molar-refractivity contribution is 0.175. The number of hydrogen-bond acceptors (Lipinski definition) is 3. The maximum atomic E-state index is 12.6. The predicted molar refractivity (Wildman–Crippen MR) is 97.7 cm³/mol. The fourth-order valence-electron chi connectivity index (χ4n) is 3.78. The van der Waals surface area contributed by atoms with Gasteiger partial charge in [-0.1, -0.05) is 25.0 Å². The lowest BCUT2D eigenvalue weighted by atomic mass is 10.1. The minimum atomic E-state index is -0.0471. The molecule has 1 saturated heterocycles. The highest BCUT2D eigenvalue weighted by Gasteiger charge is 2.23. The van der Waals surface area contributed by atoms with E-state index in [0.717, 1.165) is 37.6 Å². The fourth-order valence-corrected chi connectivity index (χ4v) is 3.78. The molecule has 2 aliphatic rings. The van der Waals surface area contributed by atoms with E-state index in [-0.39, 0.29) is 6.03 Å². The Balaban J connectivity index is 1.64. The van der Waals surface area contributed by atoms with Crippen LogP contribution in [0.1, 0.15) is 32.1 Å². The first-order valence-corrected chi connectivity index (χ1v) is 9.07. The van der Waals surface area contributed by atoms with Gasteiger partial charge in [-0.3, -0.25) is 0 Å². The van der Waals surface area contributed by atoms with Crippen molar-refractivity contribution in [2.24, 2.45) is 5.92 Å². The first-order chi connectivity index (χ1) is 11.6. The van der Waals surface area contributed by atoms with E-state index in [9.17, 15) is 4.79 Å². The van der Waals surface area contributed by atoms with Gasteiger partial charge >= 0.3 is 6.03 Å². The van der Waals surface area contributed by atoms with E-state index in [1.807, 2.05) is 25.2 Å². The third-order valence-corrected chi connectivity index (χ3v) is 5.30. The van der Waals surface area contributed by atoms with Crippen molar-refractivity contribution >= 4 is 17.4 Å². The maximum absolute atomic E-state index is 12.6. The second-order valence-electron chi connectivity index (χ2n) is 7.11. The zero-order valence-electron chi connectivity index (χ0n) is 14.8. The van der Waals surface area contributed by atoms with Gasteiger partial charge in [0.1, 0.15) is 0 Å². The highest BCUT2D eigenvalue weighted by molar-refractivity contribution is 5.93. The summed E-state index contributed by atoms with van der Waals surface area (Å²) in [5.74, 6) is 0.456. The van der Waals surface area contributed by atoms with Crippen molar-refractivity contribution in [2.45, 2.75) is 38.1 Å². The van der Waals surface area contributed by atoms with Gasteiger partial charge in [-0.25, -0.2) is 4.79 Å². The summed E-state index contributed by atoms with van der Waals surface area (Å²) in [7, 11) is 4.00. The molecule has 1 N–H and O–H groups in total.